The Kier molecular flexibility index (Phi) is 4.03. The number of aromatic hydroxyl groups is 1. The number of benzene rings is 1. The molecule has 0 aliphatic heterocycles. The van der Waals surface area contributed by atoms with Crippen LogP contribution in [0.1, 0.15) is 27.5 Å². The molecule has 0 aliphatic carbocycles. The molecule has 8 heteroatoms. The van der Waals surface area contributed by atoms with Gasteiger partial charge < -0.3 is 14.9 Å². The maximum absolute atomic E-state index is 13.2. The van der Waals surface area contributed by atoms with Crippen molar-refractivity contribution in [1.29, 1.82) is 0 Å². The molecule has 0 bridgehead atoms. The fourth-order valence-electron chi connectivity index (χ4n) is 2.28. The van der Waals surface area contributed by atoms with E-state index in [0.29, 0.717) is 22.7 Å². The maximum atomic E-state index is 13.2. The Morgan fingerprint density at radius 3 is 2.83 bits per heavy atom. The number of hydrogen-bond acceptors (Lipinski definition) is 5. The average molecular weight is 330 g/mol. The molecule has 0 saturated carbocycles. The largest absolute Gasteiger partial charge is 0.504 e. The number of hydrogen-bond donors (Lipinski definition) is 2. The Balaban J connectivity index is 1.79. The van der Waals surface area contributed by atoms with Gasteiger partial charge in [0, 0.05) is 6.07 Å². The van der Waals surface area contributed by atoms with E-state index in [1.54, 1.807) is 19.9 Å². The van der Waals surface area contributed by atoms with Crippen molar-refractivity contribution >= 4 is 5.91 Å². The summed E-state index contributed by atoms with van der Waals surface area (Å²) in [6, 6.07) is 5.85. The Hall–Kier alpha value is -3.16. The van der Waals surface area contributed by atoms with E-state index < -0.39 is 5.91 Å². The Morgan fingerprint density at radius 1 is 1.38 bits per heavy atom. The van der Waals surface area contributed by atoms with Crippen molar-refractivity contribution in [3.05, 3.63) is 59.0 Å². The molecule has 0 radical (unpaired) electrons. The minimum atomic E-state index is -0.549. The van der Waals surface area contributed by atoms with Crippen LogP contribution in [0.5, 0.6) is 5.75 Å². The van der Waals surface area contributed by atoms with Gasteiger partial charge in [-0.3, -0.25) is 4.79 Å². The zero-order valence-electron chi connectivity index (χ0n) is 13.1. The van der Waals surface area contributed by atoms with Crippen LogP contribution in [0.25, 0.3) is 5.69 Å². The molecule has 3 aromatic rings. The number of carbonyl (C=O) groups excluding carboxylic acids is 1. The highest BCUT2D eigenvalue weighted by atomic mass is 19.1. The first-order chi connectivity index (χ1) is 11.4. The van der Waals surface area contributed by atoms with Gasteiger partial charge in [0.05, 0.1) is 18.4 Å². The molecule has 0 aliphatic rings. The summed E-state index contributed by atoms with van der Waals surface area (Å²) in [6.07, 6.45) is 1.30. The fraction of sp³-hybridized carbons (Fsp3) is 0.188. The molecule has 0 unspecified atom stereocenters. The molecule has 0 atom stereocenters. The lowest BCUT2D eigenvalue weighted by atomic mass is 10.2. The van der Waals surface area contributed by atoms with Crippen LogP contribution >= 0.6 is 0 Å². The molecule has 2 N–H and O–H groups in total. The first-order valence-electron chi connectivity index (χ1n) is 7.19. The van der Waals surface area contributed by atoms with Crippen LogP contribution in [0.3, 0.4) is 0 Å². The van der Waals surface area contributed by atoms with E-state index in [0.717, 1.165) is 0 Å². The van der Waals surface area contributed by atoms with Crippen LogP contribution in [0.2, 0.25) is 0 Å². The van der Waals surface area contributed by atoms with Crippen molar-refractivity contribution in [2.45, 2.75) is 20.4 Å². The predicted molar refractivity (Wildman–Crippen MR) is 82.3 cm³/mol. The van der Waals surface area contributed by atoms with E-state index in [1.807, 2.05) is 0 Å². The van der Waals surface area contributed by atoms with Gasteiger partial charge in [0.2, 0.25) is 0 Å². The minimum Gasteiger partial charge on any atom is -0.504 e. The van der Waals surface area contributed by atoms with Crippen LogP contribution in [0.15, 0.2) is 35.0 Å². The Bertz CT molecular complexity index is 901. The van der Waals surface area contributed by atoms with Gasteiger partial charge in [0.1, 0.15) is 17.3 Å². The molecule has 24 heavy (non-hydrogen) atoms. The number of halogens is 1. The summed E-state index contributed by atoms with van der Waals surface area (Å²) in [5.74, 6) is -0.550. The van der Waals surface area contributed by atoms with E-state index in [2.05, 4.69) is 15.6 Å². The highest BCUT2D eigenvalue weighted by Crippen LogP contribution is 2.21. The SMILES string of the molecule is Cc1cc(CNC(=O)c2nn(-c3ccc(F)cc3C)cc2O)no1. The van der Waals surface area contributed by atoms with Crippen molar-refractivity contribution < 1.29 is 18.8 Å². The standard InChI is InChI=1S/C16H15FN4O3/c1-9-5-11(17)3-4-13(9)21-8-14(22)15(19-21)16(23)18-7-12-6-10(2)24-20-12/h3-6,8,22H,7H2,1-2H3,(H,18,23). The second-order valence-electron chi connectivity index (χ2n) is 5.35. The summed E-state index contributed by atoms with van der Waals surface area (Å²) in [4.78, 5) is 12.2. The van der Waals surface area contributed by atoms with Gasteiger partial charge in [-0.25, -0.2) is 9.07 Å². The Morgan fingerprint density at radius 2 is 2.17 bits per heavy atom. The zero-order chi connectivity index (χ0) is 17.3. The van der Waals surface area contributed by atoms with E-state index >= 15 is 0 Å². The molecular formula is C16H15FN4O3. The number of nitrogens with zero attached hydrogens (tertiary/aromatic N) is 3. The number of carbonyl (C=O) groups is 1. The van der Waals surface area contributed by atoms with Crippen LogP contribution in [-0.2, 0) is 6.54 Å². The summed E-state index contributed by atoms with van der Waals surface area (Å²) >= 11 is 0. The van der Waals surface area contributed by atoms with Crippen molar-refractivity contribution in [3.63, 3.8) is 0 Å². The lowest BCUT2D eigenvalue weighted by Gasteiger charge is -2.05. The van der Waals surface area contributed by atoms with Crippen molar-refractivity contribution in [1.82, 2.24) is 20.3 Å². The summed E-state index contributed by atoms with van der Waals surface area (Å²) in [5, 5.41) is 20.4. The molecule has 1 amide bonds. The monoisotopic (exact) mass is 330 g/mol. The third kappa shape index (κ3) is 3.12. The maximum Gasteiger partial charge on any atom is 0.275 e. The van der Waals surface area contributed by atoms with Crippen LogP contribution < -0.4 is 5.32 Å². The van der Waals surface area contributed by atoms with Gasteiger partial charge in [-0.15, -0.1) is 0 Å². The first-order valence-corrected chi connectivity index (χ1v) is 7.19. The molecule has 3 rings (SSSR count). The topological polar surface area (TPSA) is 93.2 Å². The van der Waals surface area contributed by atoms with Gasteiger partial charge in [0.25, 0.3) is 5.91 Å². The number of aromatic nitrogens is 3. The number of rotatable bonds is 4. The lowest BCUT2D eigenvalue weighted by molar-refractivity contribution is 0.0942. The van der Waals surface area contributed by atoms with Crippen LogP contribution in [-0.4, -0.2) is 26.0 Å². The molecule has 124 valence electrons. The summed E-state index contributed by atoms with van der Waals surface area (Å²) in [7, 11) is 0. The molecule has 1 aromatic carbocycles. The van der Waals surface area contributed by atoms with Gasteiger partial charge in [-0.05, 0) is 37.6 Å². The number of aryl methyl sites for hydroxylation is 2. The molecule has 0 saturated heterocycles. The second kappa shape index (κ2) is 6.15. The van der Waals surface area contributed by atoms with Crippen molar-refractivity contribution in [2.75, 3.05) is 0 Å². The predicted octanol–water partition coefficient (Wildman–Crippen LogP) is 2.25. The number of nitrogens with one attached hydrogen (secondary N) is 1. The minimum absolute atomic E-state index is 0.126. The van der Waals surface area contributed by atoms with Gasteiger partial charge in [0.15, 0.2) is 11.4 Å². The fourth-order valence-corrected chi connectivity index (χ4v) is 2.28. The lowest BCUT2D eigenvalue weighted by Crippen LogP contribution is -2.23. The molecule has 0 spiro atoms. The van der Waals surface area contributed by atoms with E-state index in [-0.39, 0.29) is 23.8 Å². The smallest absolute Gasteiger partial charge is 0.275 e. The highest BCUT2D eigenvalue weighted by Gasteiger charge is 2.18. The average Bonchev–Trinajstić information content (AvgIpc) is 3.11. The Labute approximate surface area is 136 Å². The molecule has 0 fully saturated rings. The van der Waals surface area contributed by atoms with E-state index in [9.17, 15) is 14.3 Å². The summed E-state index contributed by atoms with van der Waals surface area (Å²) in [6.45, 7) is 3.61. The molecule has 7 nitrogen and oxygen atoms in total. The first kappa shape index (κ1) is 15.7. The third-order valence-electron chi connectivity index (χ3n) is 3.42. The van der Waals surface area contributed by atoms with Crippen molar-refractivity contribution in [3.8, 4) is 11.4 Å². The second-order valence-corrected chi connectivity index (χ2v) is 5.35. The van der Waals surface area contributed by atoms with Gasteiger partial charge in [-0.2, -0.15) is 5.10 Å². The highest BCUT2D eigenvalue weighted by molar-refractivity contribution is 5.94. The van der Waals surface area contributed by atoms with E-state index in [1.165, 1.54) is 29.1 Å². The molecular weight excluding hydrogens is 315 g/mol. The summed E-state index contributed by atoms with van der Waals surface area (Å²) in [5.41, 5.74) is 1.63. The zero-order valence-corrected chi connectivity index (χ0v) is 13.1. The van der Waals surface area contributed by atoms with Crippen LogP contribution in [0, 0.1) is 19.7 Å². The van der Waals surface area contributed by atoms with E-state index in [4.69, 9.17) is 4.52 Å². The van der Waals surface area contributed by atoms with Crippen molar-refractivity contribution in [2.24, 2.45) is 0 Å². The van der Waals surface area contributed by atoms with Gasteiger partial charge in [-0.1, -0.05) is 5.16 Å². The third-order valence-corrected chi connectivity index (χ3v) is 3.42. The summed E-state index contributed by atoms with van der Waals surface area (Å²) < 4.78 is 19.4. The quantitative estimate of drug-likeness (QED) is 0.765. The normalized spacial score (nSPS) is 10.8. The molecule has 2 heterocycles. The van der Waals surface area contributed by atoms with Gasteiger partial charge >= 0.3 is 0 Å². The van der Waals surface area contributed by atoms with Crippen LogP contribution in [0.4, 0.5) is 4.39 Å². The molecule has 2 aromatic heterocycles. The number of amides is 1.